The Balaban J connectivity index is 1.12. The smallest absolute Gasteiger partial charge is 0.163 e. The summed E-state index contributed by atoms with van der Waals surface area (Å²) in [5.41, 5.74) is 5.95. The molecule has 1 saturated heterocycles. The average Bonchev–Trinajstić information content (AvgIpc) is 3.61. The standard InChI is InChI=1S/C27H38N8/c1-19-22-17-33(25-21-16-28-32(3)24(21)29-20(2)30-25)15-6-23(22)35(31-19)18-26-7-10-27(11-8-26,12-9-26)34-13-4-5-14-34/h16H,4-15,17-18H2,1-3H3. The van der Waals surface area contributed by atoms with Crippen LogP contribution in [0.25, 0.3) is 11.0 Å². The molecule has 8 heteroatoms. The molecule has 3 saturated carbocycles. The van der Waals surface area contributed by atoms with Crippen molar-refractivity contribution in [3.05, 3.63) is 29.0 Å². The molecule has 0 spiro atoms. The lowest BCUT2D eigenvalue weighted by atomic mass is 9.56. The number of anilines is 1. The molecule has 2 bridgehead atoms. The Kier molecular flexibility index (Phi) is 4.83. The molecule has 3 aromatic heterocycles. The number of likely N-dealkylation sites (tertiary alicyclic amines) is 1. The monoisotopic (exact) mass is 474 g/mol. The fourth-order valence-corrected chi connectivity index (χ4v) is 7.79. The van der Waals surface area contributed by atoms with Gasteiger partial charge in [-0.25, -0.2) is 9.97 Å². The SMILES string of the molecule is Cc1nc(N2CCc3c(c(C)nn3CC34CCC(N5CCCC5)(CC3)CC4)C2)c2cnn(C)c2n1. The van der Waals surface area contributed by atoms with Crippen LogP contribution in [0.4, 0.5) is 5.82 Å². The Hall–Kier alpha value is -2.48. The van der Waals surface area contributed by atoms with Crippen LogP contribution in [0, 0.1) is 19.3 Å². The number of aryl methyl sites for hydroxylation is 3. The lowest BCUT2D eigenvalue weighted by Crippen LogP contribution is -2.56. The van der Waals surface area contributed by atoms with Crippen molar-refractivity contribution in [3.63, 3.8) is 0 Å². The third kappa shape index (κ3) is 3.35. The molecule has 35 heavy (non-hydrogen) atoms. The number of nitrogens with zero attached hydrogens (tertiary/aromatic N) is 8. The number of rotatable bonds is 4. The van der Waals surface area contributed by atoms with E-state index in [9.17, 15) is 0 Å². The normalized spacial score (nSPS) is 28.8. The lowest BCUT2D eigenvalue weighted by Gasteiger charge is -2.57. The Bertz CT molecular complexity index is 1260. The molecule has 2 aliphatic heterocycles. The molecular formula is C27H38N8. The van der Waals surface area contributed by atoms with Gasteiger partial charge < -0.3 is 4.90 Å². The predicted octanol–water partition coefficient (Wildman–Crippen LogP) is 3.93. The highest BCUT2D eigenvalue weighted by Crippen LogP contribution is 2.56. The second-order valence-electron chi connectivity index (χ2n) is 11.9. The molecule has 0 unspecified atom stereocenters. The van der Waals surface area contributed by atoms with Crippen LogP contribution in [-0.4, -0.2) is 59.6 Å². The third-order valence-corrected chi connectivity index (χ3v) is 9.94. The van der Waals surface area contributed by atoms with Crippen molar-refractivity contribution in [2.24, 2.45) is 12.5 Å². The summed E-state index contributed by atoms with van der Waals surface area (Å²) in [6, 6.07) is 0. The molecule has 186 valence electrons. The van der Waals surface area contributed by atoms with E-state index in [2.05, 4.69) is 31.5 Å². The van der Waals surface area contributed by atoms with Crippen molar-refractivity contribution in [2.45, 2.75) is 90.3 Å². The van der Waals surface area contributed by atoms with Crippen molar-refractivity contribution in [3.8, 4) is 0 Å². The molecule has 0 aromatic carbocycles. The first kappa shape index (κ1) is 21.8. The molecule has 5 aliphatic rings. The maximum absolute atomic E-state index is 5.13. The Labute approximate surface area is 207 Å². The minimum atomic E-state index is 0.455. The van der Waals surface area contributed by atoms with Gasteiger partial charge in [-0.3, -0.25) is 14.3 Å². The van der Waals surface area contributed by atoms with E-state index in [-0.39, 0.29) is 0 Å². The minimum Gasteiger partial charge on any atom is -0.351 e. The van der Waals surface area contributed by atoms with Crippen LogP contribution < -0.4 is 4.90 Å². The van der Waals surface area contributed by atoms with Crippen LogP contribution in [0.1, 0.15) is 74.1 Å². The van der Waals surface area contributed by atoms with E-state index < -0.39 is 0 Å². The molecule has 8 nitrogen and oxygen atoms in total. The second kappa shape index (κ2) is 7.76. The van der Waals surface area contributed by atoms with Gasteiger partial charge in [-0.15, -0.1) is 0 Å². The molecule has 0 N–H and O–H groups in total. The van der Waals surface area contributed by atoms with Gasteiger partial charge in [0.15, 0.2) is 5.65 Å². The molecule has 0 atom stereocenters. The van der Waals surface area contributed by atoms with E-state index in [1.807, 2.05) is 24.9 Å². The van der Waals surface area contributed by atoms with Gasteiger partial charge in [0.05, 0.1) is 17.3 Å². The first-order valence-electron chi connectivity index (χ1n) is 13.7. The molecular weight excluding hydrogens is 436 g/mol. The fraction of sp³-hybridized carbons (Fsp3) is 0.704. The van der Waals surface area contributed by atoms with Gasteiger partial charge in [0.1, 0.15) is 11.6 Å². The molecule has 3 aliphatic carbocycles. The van der Waals surface area contributed by atoms with Gasteiger partial charge in [0.2, 0.25) is 0 Å². The summed E-state index contributed by atoms with van der Waals surface area (Å²) >= 11 is 0. The molecule has 3 aromatic rings. The quantitative estimate of drug-likeness (QED) is 0.571. The number of fused-ring (bicyclic) bond motifs is 5. The van der Waals surface area contributed by atoms with E-state index in [0.717, 1.165) is 48.7 Å². The van der Waals surface area contributed by atoms with Gasteiger partial charge in [-0.05, 0) is 83.7 Å². The van der Waals surface area contributed by atoms with Gasteiger partial charge in [-0.1, -0.05) is 0 Å². The average molecular weight is 475 g/mol. The molecule has 4 fully saturated rings. The van der Waals surface area contributed by atoms with Gasteiger partial charge >= 0.3 is 0 Å². The maximum Gasteiger partial charge on any atom is 0.163 e. The van der Waals surface area contributed by atoms with Gasteiger partial charge in [0.25, 0.3) is 0 Å². The highest BCUT2D eigenvalue weighted by atomic mass is 15.3. The topological polar surface area (TPSA) is 67.9 Å². The van der Waals surface area contributed by atoms with Crippen LogP contribution in [0.3, 0.4) is 0 Å². The first-order chi connectivity index (χ1) is 17.0. The summed E-state index contributed by atoms with van der Waals surface area (Å²) in [5, 5.41) is 10.6. The summed E-state index contributed by atoms with van der Waals surface area (Å²) in [5.74, 6) is 1.81. The summed E-state index contributed by atoms with van der Waals surface area (Å²) in [6.45, 7) is 9.79. The fourth-order valence-electron chi connectivity index (χ4n) is 7.79. The molecule has 0 radical (unpaired) electrons. The molecule has 5 heterocycles. The Morgan fingerprint density at radius 2 is 1.69 bits per heavy atom. The molecule has 8 rings (SSSR count). The van der Waals surface area contributed by atoms with Crippen LogP contribution in [0.5, 0.6) is 0 Å². The zero-order valence-electron chi connectivity index (χ0n) is 21.6. The number of hydrogen-bond donors (Lipinski definition) is 0. The summed E-state index contributed by atoms with van der Waals surface area (Å²) < 4.78 is 4.26. The third-order valence-electron chi connectivity index (χ3n) is 9.94. The van der Waals surface area contributed by atoms with E-state index >= 15 is 0 Å². The van der Waals surface area contributed by atoms with E-state index in [1.54, 1.807) is 0 Å². The van der Waals surface area contributed by atoms with Crippen molar-refractivity contribution in [1.29, 1.82) is 0 Å². The minimum absolute atomic E-state index is 0.455. The lowest BCUT2D eigenvalue weighted by molar-refractivity contribution is -0.0534. The van der Waals surface area contributed by atoms with Crippen molar-refractivity contribution < 1.29 is 0 Å². The van der Waals surface area contributed by atoms with E-state index in [4.69, 9.17) is 10.1 Å². The van der Waals surface area contributed by atoms with Crippen molar-refractivity contribution in [2.75, 3.05) is 24.5 Å². The largest absolute Gasteiger partial charge is 0.351 e. The highest BCUT2D eigenvalue weighted by molar-refractivity contribution is 5.87. The Morgan fingerprint density at radius 3 is 2.43 bits per heavy atom. The van der Waals surface area contributed by atoms with Crippen LogP contribution >= 0.6 is 0 Å². The number of aromatic nitrogens is 6. The number of hydrogen-bond acceptors (Lipinski definition) is 6. The van der Waals surface area contributed by atoms with Gasteiger partial charge in [0, 0.05) is 49.9 Å². The van der Waals surface area contributed by atoms with E-state index in [0.29, 0.717) is 11.0 Å². The van der Waals surface area contributed by atoms with Crippen molar-refractivity contribution in [1.82, 2.24) is 34.4 Å². The zero-order valence-corrected chi connectivity index (χ0v) is 21.6. The maximum atomic E-state index is 5.13. The van der Waals surface area contributed by atoms with Crippen molar-refractivity contribution >= 4 is 16.9 Å². The summed E-state index contributed by atoms with van der Waals surface area (Å²) in [7, 11) is 1.95. The molecule has 0 amide bonds. The Morgan fingerprint density at radius 1 is 0.943 bits per heavy atom. The summed E-state index contributed by atoms with van der Waals surface area (Å²) in [4.78, 5) is 14.7. The van der Waals surface area contributed by atoms with Crippen LogP contribution in [0.15, 0.2) is 6.20 Å². The second-order valence-corrected chi connectivity index (χ2v) is 11.9. The predicted molar refractivity (Wildman–Crippen MR) is 136 cm³/mol. The van der Waals surface area contributed by atoms with Crippen LogP contribution in [0.2, 0.25) is 0 Å². The highest BCUT2D eigenvalue weighted by Gasteiger charge is 2.51. The first-order valence-corrected chi connectivity index (χ1v) is 13.7. The van der Waals surface area contributed by atoms with E-state index in [1.165, 1.54) is 81.4 Å². The zero-order chi connectivity index (χ0) is 23.8. The summed E-state index contributed by atoms with van der Waals surface area (Å²) in [6.07, 6.45) is 14.1. The van der Waals surface area contributed by atoms with Crippen LogP contribution in [-0.2, 0) is 26.6 Å². The van der Waals surface area contributed by atoms with Gasteiger partial charge in [-0.2, -0.15) is 10.2 Å².